The molecule has 0 unspecified atom stereocenters. The third kappa shape index (κ3) is 3.85. The van der Waals surface area contributed by atoms with Crippen molar-refractivity contribution in [2.75, 3.05) is 5.75 Å². The van der Waals surface area contributed by atoms with Gasteiger partial charge in [0.2, 0.25) is 0 Å². The van der Waals surface area contributed by atoms with Crippen molar-refractivity contribution in [3.8, 4) is 5.75 Å². The maximum atomic E-state index is 13.4. The number of carbonyl (C=O) groups is 3. The fraction of sp³-hybridized carbons (Fsp3) is 0.444. The van der Waals surface area contributed by atoms with Crippen molar-refractivity contribution in [3.63, 3.8) is 0 Å². The van der Waals surface area contributed by atoms with Crippen LogP contribution in [0.1, 0.15) is 59.7 Å². The zero-order valence-electron chi connectivity index (χ0n) is 19.9. The van der Waals surface area contributed by atoms with Gasteiger partial charge in [-0.15, -0.1) is 9.35 Å². The van der Waals surface area contributed by atoms with Crippen molar-refractivity contribution < 1.29 is 31.8 Å². The molecule has 8 nitrogen and oxygen atoms in total. The zero-order valence-corrected chi connectivity index (χ0v) is 20.8. The van der Waals surface area contributed by atoms with Crippen LogP contribution in [0, 0.1) is 29.6 Å². The van der Waals surface area contributed by atoms with Gasteiger partial charge in [0.05, 0.1) is 16.9 Å². The zero-order chi connectivity index (χ0) is 25.4. The van der Waals surface area contributed by atoms with Crippen LogP contribution in [0.3, 0.4) is 0 Å². The SMILES string of the molecule is C=C(C)C(=O)Oc1cc2c3c(cccc3c1)C(=O)N(OS(=O)(=O)CC1C3CC4CC(C3)CC1C4)C2=O. The molecule has 4 saturated carbocycles. The molecule has 2 aromatic carbocycles. The van der Waals surface area contributed by atoms with Crippen molar-refractivity contribution in [2.45, 2.75) is 39.0 Å². The summed E-state index contributed by atoms with van der Waals surface area (Å²) in [6.07, 6.45) is 5.46. The molecule has 2 amide bonds. The number of esters is 1. The lowest BCUT2D eigenvalue weighted by Gasteiger charge is -2.54. The number of hydrogen-bond donors (Lipinski definition) is 0. The normalized spacial score (nSPS) is 28.6. The van der Waals surface area contributed by atoms with Gasteiger partial charge in [0.25, 0.3) is 21.9 Å². The third-order valence-corrected chi connectivity index (χ3v) is 9.52. The van der Waals surface area contributed by atoms with Gasteiger partial charge >= 0.3 is 5.97 Å². The van der Waals surface area contributed by atoms with E-state index in [9.17, 15) is 22.8 Å². The van der Waals surface area contributed by atoms with Gasteiger partial charge in [-0.2, -0.15) is 8.42 Å². The standard InChI is InChI=1S/C27H27NO7S/c1-14(2)27(31)34-20-11-17-4-3-5-21-24(17)22(12-20)26(30)28(25(21)29)35-36(32,33)13-23-18-7-15-6-16(9-18)10-19(23)8-15/h3-5,11-12,15-16,18-19,23H,1,6-10,13H2,2H3. The molecular weight excluding hydrogens is 482 g/mol. The van der Waals surface area contributed by atoms with E-state index in [2.05, 4.69) is 6.58 Å². The molecule has 5 aliphatic rings. The number of carbonyl (C=O) groups excluding carboxylic acids is 3. The maximum Gasteiger partial charge on any atom is 0.338 e. The van der Waals surface area contributed by atoms with Crippen LogP contribution >= 0.6 is 0 Å². The largest absolute Gasteiger partial charge is 0.423 e. The monoisotopic (exact) mass is 509 g/mol. The summed E-state index contributed by atoms with van der Waals surface area (Å²) in [5.41, 5.74) is 0.349. The molecule has 2 aromatic rings. The number of nitrogens with zero attached hydrogens (tertiary/aromatic N) is 1. The predicted molar refractivity (Wildman–Crippen MR) is 130 cm³/mol. The van der Waals surface area contributed by atoms with E-state index in [1.54, 1.807) is 18.2 Å². The molecule has 9 heteroatoms. The highest BCUT2D eigenvalue weighted by Gasteiger charge is 2.50. The van der Waals surface area contributed by atoms with E-state index < -0.39 is 27.9 Å². The molecule has 4 bridgehead atoms. The molecule has 7 rings (SSSR count). The lowest BCUT2D eigenvalue weighted by Crippen LogP contribution is -2.48. The number of amides is 2. The summed E-state index contributed by atoms with van der Waals surface area (Å²) in [5.74, 6) is -0.437. The van der Waals surface area contributed by atoms with Gasteiger partial charge in [-0.05, 0) is 92.2 Å². The molecule has 36 heavy (non-hydrogen) atoms. The topological polar surface area (TPSA) is 107 Å². The first-order valence-corrected chi connectivity index (χ1v) is 13.9. The highest BCUT2D eigenvalue weighted by molar-refractivity contribution is 7.86. The minimum atomic E-state index is -4.22. The smallest absolute Gasteiger partial charge is 0.338 e. The first-order chi connectivity index (χ1) is 17.1. The van der Waals surface area contributed by atoms with E-state index >= 15 is 0 Å². The second-order valence-corrected chi connectivity index (χ2v) is 12.4. The highest BCUT2D eigenvalue weighted by atomic mass is 32.2. The summed E-state index contributed by atoms with van der Waals surface area (Å²) in [7, 11) is -4.22. The van der Waals surface area contributed by atoms with E-state index in [0.29, 0.717) is 39.5 Å². The number of hydrogen-bond acceptors (Lipinski definition) is 7. The Hall–Kier alpha value is -3.04. The summed E-state index contributed by atoms with van der Waals surface area (Å²) >= 11 is 0. The Balaban J connectivity index is 1.29. The molecule has 0 saturated heterocycles. The van der Waals surface area contributed by atoms with Crippen LogP contribution < -0.4 is 4.74 Å². The van der Waals surface area contributed by atoms with Crippen molar-refractivity contribution in [1.82, 2.24) is 5.06 Å². The Morgan fingerprint density at radius 3 is 2.28 bits per heavy atom. The average molecular weight is 510 g/mol. The van der Waals surface area contributed by atoms with Gasteiger partial charge in [-0.1, -0.05) is 18.7 Å². The molecule has 0 N–H and O–H groups in total. The van der Waals surface area contributed by atoms with Gasteiger partial charge in [-0.3, -0.25) is 9.59 Å². The fourth-order valence-electron chi connectivity index (χ4n) is 7.07. The Kier molecular flexibility index (Phi) is 5.35. The minimum Gasteiger partial charge on any atom is -0.423 e. The first-order valence-electron chi connectivity index (χ1n) is 12.3. The number of benzene rings is 2. The molecule has 0 atom stereocenters. The van der Waals surface area contributed by atoms with Crippen LogP contribution in [0.25, 0.3) is 10.8 Å². The molecule has 0 radical (unpaired) electrons. The number of rotatable bonds is 6. The Labute approximate surface area is 209 Å². The van der Waals surface area contributed by atoms with Crippen LogP contribution in [-0.2, 0) is 19.2 Å². The molecule has 1 aliphatic heterocycles. The van der Waals surface area contributed by atoms with E-state index in [1.165, 1.54) is 25.5 Å². The lowest BCUT2D eigenvalue weighted by molar-refractivity contribution is -0.130. The summed E-state index contributed by atoms with van der Waals surface area (Å²) in [6, 6.07) is 7.67. The molecule has 0 spiro atoms. The van der Waals surface area contributed by atoms with E-state index in [0.717, 1.165) is 25.7 Å². The second kappa shape index (κ2) is 8.24. The average Bonchev–Trinajstić information content (AvgIpc) is 2.81. The van der Waals surface area contributed by atoms with E-state index in [-0.39, 0.29) is 34.1 Å². The first kappa shape index (κ1) is 23.4. The molecular formula is C27H27NO7S. The van der Waals surface area contributed by atoms with Crippen molar-refractivity contribution in [1.29, 1.82) is 0 Å². The summed E-state index contributed by atoms with van der Waals surface area (Å²) in [5, 5.41) is 1.21. The van der Waals surface area contributed by atoms with Crippen LogP contribution in [0.15, 0.2) is 42.5 Å². The summed E-state index contributed by atoms with van der Waals surface area (Å²) in [6.45, 7) is 5.05. The van der Waals surface area contributed by atoms with Gasteiger partial charge in [-0.25, -0.2) is 4.79 Å². The third-order valence-electron chi connectivity index (χ3n) is 8.35. The molecule has 4 aliphatic carbocycles. The number of ether oxygens (including phenoxy) is 1. The number of hydroxylamine groups is 2. The Bertz CT molecular complexity index is 1420. The van der Waals surface area contributed by atoms with Crippen LogP contribution in [-0.4, -0.2) is 37.0 Å². The van der Waals surface area contributed by atoms with Gasteiger partial charge in [0, 0.05) is 11.0 Å². The van der Waals surface area contributed by atoms with Gasteiger partial charge in [0.1, 0.15) is 5.75 Å². The molecule has 0 aromatic heterocycles. The van der Waals surface area contributed by atoms with Crippen LogP contribution in [0.2, 0.25) is 0 Å². The lowest BCUT2D eigenvalue weighted by atomic mass is 9.52. The van der Waals surface area contributed by atoms with Crippen LogP contribution in [0.5, 0.6) is 5.75 Å². The number of imide groups is 1. The second-order valence-electron chi connectivity index (χ2n) is 10.8. The van der Waals surface area contributed by atoms with Crippen LogP contribution in [0.4, 0.5) is 0 Å². The van der Waals surface area contributed by atoms with Crippen molar-refractivity contribution in [3.05, 3.63) is 53.6 Å². The fourth-order valence-corrected chi connectivity index (χ4v) is 8.51. The molecule has 4 fully saturated rings. The maximum absolute atomic E-state index is 13.4. The highest BCUT2D eigenvalue weighted by Crippen LogP contribution is 2.56. The summed E-state index contributed by atoms with van der Waals surface area (Å²) < 4.78 is 36.9. The Morgan fingerprint density at radius 1 is 1.00 bits per heavy atom. The van der Waals surface area contributed by atoms with Gasteiger partial charge in [0.15, 0.2) is 0 Å². The van der Waals surface area contributed by atoms with Crippen molar-refractivity contribution >= 4 is 38.7 Å². The van der Waals surface area contributed by atoms with Gasteiger partial charge < -0.3 is 4.74 Å². The van der Waals surface area contributed by atoms with E-state index in [4.69, 9.17) is 9.02 Å². The minimum absolute atomic E-state index is 0.0123. The predicted octanol–water partition coefficient (Wildman–Crippen LogP) is 4.25. The summed E-state index contributed by atoms with van der Waals surface area (Å²) in [4.78, 5) is 38.6. The Morgan fingerprint density at radius 2 is 1.64 bits per heavy atom. The molecule has 1 heterocycles. The van der Waals surface area contributed by atoms with E-state index in [1.807, 2.05) is 0 Å². The molecule has 188 valence electrons. The quantitative estimate of drug-likeness (QED) is 0.248. The van der Waals surface area contributed by atoms with Crippen molar-refractivity contribution in [2.24, 2.45) is 29.6 Å².